The fourth-order valence-electron chi connectivity index (χ4n) is 2.42. The number of hydrogen-bond donors (Lipinski definition) is 1. The van der Waals surface area contributed by atoms with Gasteiger partial charge in [0.2, 0.25) is 0 Å². The Bertz CT molecular complexity index is 1070. The van der Waals surface area contributed by atoms with Crippen molar-refractivity contribution in [3.63, 3.8) is 0 Å². The number of amides is 1. The van der Waals surface area contributed by atoms with Gasteiger partial charge in [-0.25, -0.2) is 4.98 Å². The molecule has 3 rings (SSSR count). The molecule has 8 heteroatoms. The van der Waals surface area contributed by atoms with Crippen molar-refractivity contribution < 1.29 is 18.0 Å². The maximum Gasteiger partial charge on any atom is 0.416 e. The third-order valence-corrected chi connectivity index (χ3v) is 4.48. The Morgan fingerprint density at radius 3 is 2.46 bits per heavy atom. The minimum absolute atomic E-state index is 0.245. The summed E-state index contributed by atoms with van der Waals surface area (Å²) in [7, 11) is 0. The van der Waals surface area contributed by atoms with Gasteiger partial charge in [-0.1, -0.05) is 48.5 Å². The molecule has 0 aliphatic rings. The molecule has 4 nitrogen and oxygen atoms in total. The molecule has 0 aliphatic heterocycles. The molecule has 0 bridgehead atoms. The number of thiazole rings is 1. The van der Waals surface area contributed by atoms with Gasteiger partial charge < -0.3 is 0 Å². The van der Waals surface area contributed by atoms with Gasteiger partial charge in [-0.15, -0.1) is 11.3 Å². The van der Waals surface area contributed by atoms with Crippen molar-refractivity contribution in [2.45, 2.75) is 6.18 Å². The van der Waals surface area contributed by atoms with Crippen LogP contribution >= 0.6 is 11.3 Å². The molecule has 3 aromatic rings. The molecule has 0 radical (unpaired) electrons. The number of aromatic nitrogens is 1. The highest BCUT2D eigenvalue weighted by Crippen LogP contribution is 2.33. The maximum absolute atomic E-state index is 13.1. The second-order valence-corrected chi connectivity index (χ2v) is 6.47. The van der Waals surface area contributed by atoms with E-state index in [0.717, 1.165) is 29.0 Å². The average Bonchev–Trinajstić information content (AvgIpc) is 3.14. The van der Waals surface area contributed by atoms with Gasteiger partial charge in [-0.2, -0.15) is 18.4 Å². The summed E-state index contributed by atoms with van der Waals surface area (Å²) < 4.78 is 39.3. The zero-order valence-electron chi connectivity index (χ0n) is 14.2. The Labute approximate surface area is 162 Å². The summed E-state index contributed by atoms with van der Waals surface area (Å²) in [5.74, 6) is -0.826. The molecule has 1 amide bonds. The van der Waals surface area contributed by atoms with E-state index >= 15 is 0 Å². The predicted octanol–water partition coefficient (Wildman–Crippen LogP) is 5.37. The first-order valence-electron chi connectivity index (χ1n) is 7.99. The van der Waals surface area contributed by atoms with Crippen LogP contribution < -0.4 is 5.32 Å². The van der Waals surface area contributed by atoms with Gasteiger partial charge in [-0.05, 0) is 17.7 Å². The first kappa shape index (κ1) is 19.3. The highest BCUT2D eigenvalue weighted by molar-refractivity contribution is 7.14. The van der Waals surface area contributed by atoms with Crippen LogP contribution in [0.25, 0.3) is 17.3 Å². The van der Waals surface area contributed by atoms with Crippen LogP contribution in [0, 0.1) is 11.3 Å². The van der Waals surface area contributed by atoms with Gasteiger partial charge in [-0.3, -0.25) is 10.1 Å². The second-order valence-electron chi connectivity index (χ2n) is 5.61. The lowest BCUT2D eigenvalue weighted by atomic mass is 10.0. The maximum atomic E-state index is 13.1. The van der Waals surface area contributed by atoms with Crippen molar-refractivity contribution in [2.24, 2.45) is 0 Å². The van der Waals surface area contributed by atoms with Crippen LogP contribution in [-0.2, 0) is 11.0 Å². The molecular weight excluding hydrogens is 387 g/mol. The number of benzene rings is 2. The largest absolute Gasteiger partial charge is 0.416 e. The van der Waals surface area contributed by atoms with Crippen LogP contribution in [0.15, 0.2) is 65.6 Å². The van der Waals surface area contributed by atoms with Gasteiger partial charge in [0, 0.05) is 10.9 Å². The number of carbonyl (C=O) groups is 1. The minimum Gasteiger partial charge on any atom is -0.297 e. The smallest absolute Gasteiger partial charge is 0.297 e. The Morgan fingerprint density at radius 2 is 1.79 bits per heavy atom. The van der Waals surface area contributed by atoms with E-state index in [2.05, 4.69) is 10.3 Å². The van der Waals surface area contributed by atoms with E-state index < -0.39 is 23.2 Å². The van der Waals surface area contributed by atoms with E-state index in [4.69, 9.17) is 0 Å². The lowest BCUT2D eigenvalue weighted by molar-refractivity contribution is -0.137. The third-order valence-electron chi connectivity index (χ3n) is 3.73. The van der Waals surface area contributed by atoms with Crippen LogP contribution in [-0.4, -0.2) is 10.9 Å². The molecule has 0 fully saturated rings. The fraction of sp³-hybridized carbons (Fsp3) is 0.0500. The van der Waals surface area contributed by atoms with Crippen LogP contribution in [0.5, 0.6) is 0 Å². The number of anilines is 1. The number of hydrogen-bond acceptors (Lipinski definition) is 4. The molecule has 0 spiro atoms. The molecule has 2 aromatic carbocycles. The monoisotopic (exact) mass is 399 g/mol. The number of nitrogens with one attached hydrogen (secondary N) is 1. The SMILES string of the molecule is N#C/C(=C\c1ccccc1C(F)(F)F)C(=O)Nc1nc(-c2ccccc2)cs1. The highest BCUT2D eigenvalue weighted by Gasteiger charge is 2.32. The Hall–Kier alpha value is -3.44. The highest BCUT2D eigenvalue weighted by atomic mass is 32.1. The van der Waals surface area contributed by atoms with E-state index in [0.29, 0.717) is 5.69 Å². The zero-order valence-corrected chi connectivity index (χ0v) is 15.0. The molecule has 28 heavy (non-hydrogen) atoms. The van der Waals surface area contributed by atoms with E-state index in [1.54, 1.807) is 11.4 Å². The zero-order chi connectivity index (χ0) is 20.1. The first-order valence-corrected chi connectivity index (χ1v) is 8.87. The van der Waals surface area contributed by atoms with Gasteiger partial charge in [0.25, 0.3) is 5.91 Å². The Kier molecular flexibility index (Phi) is 5.57. The number of alkyl halides is 3. The minimum atomic E-state index is -4.59. The molecule has 0 saturated carbocycles. The van der Waals surface area contributed by atoms with E-state index in [1.165, 1.54) is 18.2 Å². The average molecular weight is 399 g/mol. The summed E-state index contributed by atoms with van der Waals surface area (Å²) in [6.45, 7) is 0. The molecule has 140 valence electrons. The summed E-state index contributed by atoms with van der Waals surface area (Å²) >= 11 is 1.15. The van der Waals surface area contributed by atoms with Gasteiger partial charge >= 0.3 is 6.18 Å². The molecule has 0 saturated heterocycles. The van der Waals surface area contributed by atoms with E-state index in [1.807, 2.05) is 30.3 Å². The standard InChI is InChI=1S/C20H12F3N3OS/c21-20(22,23)16-9-5-4-8-14(16)10-15(11-24)18(27)26-19-25-17(12-28-19)13-6-2-1-3-7-13/h1-10,12H,(H,25,26,27)/b15-10+. The quantitative estimate of drug-likeness (QED) is 0.473. The molecule has 1 N–H and O–H groups in total. The lowest BCUT2D eigenvalue weighted by Crippen LogP contribution is -2.14. The number of nitrogens with zero attached hydrogens (tertiary/aromatic N) is 2. The summed E-state index contributed by atoms with van der Waals surface area (Å²) in [6.07, 6.45) is -3.67. The normalized spacial score (nSPS) is 11.7. The Morgan fingerprint density at radius 1 is 1.11 bits per heavy atom. The number of nitriles is 1. The summed E-state index contributed by atoms with van der Waals surface area (Å²) in [4.78, 5) is 16.6. The second kappa shape index (κ2) is 8.06. The van der Waals surface area contributed by atoms with E-state index in [9.17, 15) is 23.2 Å². The number of rotatable bonds is 4. The van der Waals surface area contributed by atoms with E-state index in [-0.39, 0.29) is 10.7 Å². The van der Waals surface area contributed by atoms with Crippen LogP contribution in [0.2, 0.25) is 0 Å². The predicted molar refractivity (Wildman–Crippen MR) is 101 cm³/mol. The summed E-state index contributed by atoms with van der Waals surface area (Å²) in [5.41, 5.74) is -0.129. The Balaban J connectivity index is 1.83. The van der Waals surface area contributed by atoms with Gasteiger partial charge in [0.1, 0.15) is 11.6 Å². The summed E-state index contributed by atoms with van der Waals surface area (Å²) in [6, 6.07) is 15.7. The van der Waals surface area contributed by atoms with Crippen molar-refractivity contribution in [1.82, 2.24) is 4.98 Å². The van der Waals surface area contributed by atoms with Crippen LogP contribution in [0.4, 0.5) is 18.3 Å². The van der Waals surface area contributed by atoms with Crippen molar-refractivity contribution in [1.29, 1.82) is 5.26 Å². The van der Waals surface area contributed by atoms with Crippen LogP contribution in [0.1, 0.15) is 11.1 Å². The number of carbonyl (C=O) groups excluding carboxylic acids is 1. The first-order chi connectivity index (χ1) is 13.4. The third kappa shape index (κ3) is 4.45. The molecule has 1 aromatic heterocycles. The lowest BCUT2D eigenvalue weighted by Gasteiger charge is -2.10. The molecule has 1 heterocycles. The van der Waals surface area contributed by atoms with Crippen LogP contribution in [0.3, 0.4) is 0 Å². The van der Waals surface area contributed by atoms with Crippen molar-refractivity contribution in [3.05, 3.63) is 76.7 Å². The van der Waals surface area contributed by atoms with Crippen molar-refractivity contribution in [2.75, 3.05) is 5.32 Å². The van der Waals surface area contributed by atoms with Crippen molar-refractivity contribution >= 4 is 28.5 Å². The molecular formula is C20H12F3N3OS. The molecule has 0 aliphatic carbocycles. The van der Waals surface area contributed by atoms with Crippen molar-refractivity contribution in [3.8, 4) is 17.3 Å². The molecule has 0 unspecified atom stereocenters. The van der Waals surface area contributed by atoms with Gasteiger partial charge in [0.15, 0.2) is 5.13 Å². The molecule has 0 atom stereocenters. The number of halogens is 3. The topological polar surface area (TPSA) is 65.8 Å². The fourth-order valence-corrected chi connectivity index (χ4v) is 3.14. The van der Waals surface area contributed by atoms with Gasteiger partial charge in [0.05, 0.1) is 11.3 Å². The summed E-state index contributed by atoms with van der Waals surface area (Å²) in [5, 5.41) is 13.7.